The van der Waals surface area contributed by atoms with Gasteiger partial charge in [0, 0.05) is 25.5 Å². The highest BCUT2D eigenvalue weighted by Crippen LogP contribution is 2.44. The number of carbonyl (C=O) groups is 1. The summed E-state index contributed by atoms with van der Waals surface area (Å²) in [5.74, 6) is 1.31. The van der Waals surface area contributed by atoms with Gasteiger partial charge in [-0.1, -0.05) is 5.16 Å². The van der Waals surface area contributed by atoms with Crippen molar-refractivity contribution in [1.82, 2.24) is 25.0 Å². The van der Waals surface area contributed by atoms with Crippen molar-refractivity contribution < 1.29 is 14.1 Å². The number of carbonyl (C=O) groups excluding carboxylic acids is 1. The number of nitrogens with zero attached hydrogens (tertiary/aromatic N) is 5. The first-order chi connectivity index (χ1) is 11.7. The van der Waals surface area contributed by atoms with E-state index in [-0.39, 0.29) is 23.4 Å². The number of rotatable bonds is 2. The molecule has 0 aromatic carbocycles. The molecule has 0 N–H and O–H groups in total. The number of piperidine rings is 1. The number of hydrogen-bond acceptors (Lipinski definition) is 7. The number of aryl methyl sites for hydroxylation is 1. The standard InChI is InChI=1S/C16H19N5O3/c1-11-19-14(24-20-11)12-3-4-16(23-12)5-9-21(10-6-16)15(22)13-17-7-2-8-18-13/h2,7-8,12H,3-6,9-10H2,1H3. The Bertz CT molecular complexity index is 724. The minimum absolute atomic E-state index is 0.118. The Kier molecular flexibility index (Phi) is 3.76. The first-order valence-electron chi connectivity index (χ1n) is 8.20. The highest BCUT2D eigenvalue weighted by atomic mass is 16.5. The van der Waals surface area contributed by atoms with Crippen molar-refractivity contribution in [3.8, 4) is 0 Å². The SMILES string of the molecule is Cc1noc(C2CCC3(CCN(C(=O)c4ncccn4)CC3)O2)n1. The second kappa shape index (κ2) is 5.94. The molecule has 8 heteroatoms. The Hall–Kier alpha value is -2.35. The van der Waals surface area contributed by atoms with Gasteiger partial charge in [0.2, 0.25) is 5.82 Å². The molecule has 1 unspecified atom stereocenters. The summed E-state index contributed by atoms with van der Waals surface area (Å²) in [5, 5.41) is 3.83. The van der Waals surface area contributed by atoms with E-state index in [2.05, 4.69) is 20.1 Å². The van der Waals surface area contributed by atoms with Crippen LogP contribution in [0.3, 0.4) is 0 Å². The van der Waals surface area contributed by atoms with E-state index in [1.807, 2.05) is 0 Å². The molecule has 1 atom stereocenters. The summed E-state index contributed by atoms with van der Waals surface area (Å²) in [6.07, 6.45) is 6.46. The van der Waals surface area contributed by atoms with Crippen molar-refractivity contribution in [3.05, 3.63) is 36.0 Å². The zero-order valence-electron chi connectivity index (χ0n) is 13.5. The zero-order valence-corrected chi connectivity index (χ0v) is 13.5. The first kappa shape index (κ1) is 15.2. The van der Waals surface area contributed by atoms with Crippen molar-refractivity contribution in [1.29, 1.82) is 0 Å². The molecule has 0 saturated carbocycles. The normalized spacial score (nSPS) is 22.9. The van der Waals surface area contributed by atoms with Crippen LogP contribution in [0.15, 0.2) is 23.0 Å². The molecule has 0 aliphatic carbocycles. The van der Waals surface area contributed by atoms with Gasteiger partial charge in [0.1, 0.15) is 6.10 Å². The van der Waals surface area contributed by atoms with Crippen LogP contribution in [0.25, 0.3) is 0 Å². The highest BCUT2D eigenvalue weighted by Gasteiger charge is 2.45. The van der Waals surface area contributed by atoms with E-state index >= 15 is 0 Å². The molecule has 2 saturated heterocycles. The number of likely N-dealkylation sites (tertiary alicyclic amines) is 1. The van der Waals surface area contributed by atoms with Gasteiger partial charge in [0.25, 0.3) is 11.8 Å². The smallest absolute Gasteiger partial charge is 0.291 e. The molecular weight excluding hydrogens is 310 g/mol. The van der Waals surface area contributed by atoms with E-state index in [0.29, 0.717) is 24.8 Å². The molecule has 4 rings (SSSR count). The second-order valence-corrected chi connectivity index (χ2v) is 6.37. The monoisotopic (exact) mass is 329 g/mol. The van der Waals surface area contributed by atoms with E-state index < -0.39 is 0 Å². The van der Waals surface area contributed by atoms with Crippen LogP contribution in [0.5, 0.6) is 0 Å². The van der Waals surface area contributed by atoms with Crippen LogP contribution < -0.4 is 0 Å². The maximum absolute atomic E-state index is 12.4. The van der Waals surface area contributed by atoms with Gasteiger partial charge >= 0.3 is 0 Å². The largest absolute Gasteiger partial charge is 0.362 e. The van der Waals surface area contributed by atoms with Crippen LogP contribution in [0.2, 0.25) is 0 Å². The summed E-state index contributed by atoms with van der Waals surface area (Å²) in [6.45, 7) is 3.09. The Morgan fingerprint density at radius 3 is 2.67 bits per heavy atom. The van der Waals surface area contributed by atoms with Crippen LogP contribution in [0.1, 0.15) is 54.1 Å². The van der Waals surface area contributed by atoms with Gasteiger partial charge in [-0.05, 0) is 38.7 Å². The van der Waals surface area contributed by atoms with E-state index in [1.54, 1.807) is 30.3 Å². The van der Waals surface area contributed by atoms with Gasteiger partial charge in [0.05, 0.1) is 5.60 Å². The van der Waals surface area contributed by atoms with Crippen LogP contribution >= 0.6 is 0 Å². The molecule has 2 aromatic heterocycles. The molecular formula is C16H19N5O3. The quantitative estimate of drug-likeness (QED) is 0.827. The fourth-order valence-corrected chi connectivity index (χ4v) is 3.47. The van der Waals surface area contributed by atoms with Crippen molar-refractivity contribution in [3.63, 3.8) is 0 Å². The summed E-state index contributed by atoms with van der Waals surface area (Å²) >= 11 is 0. The molecule has 0 bridgehead atoms. The van der Waals surface area contributed by atoms with Crippen LogP contribution in [0.4, 0.5) is 0 Å². The van der Waals surface area contributed by atoms with Gasteiger partial charge in [-0.25, -0.2) is 9.97 Å². The van der Waals surface area contributed by atoms with Crippen molar-refractivity contribution in [2.24, 2.45) is 0 Å². The topological polar surface area (TPSA) is 94.2 Å². The van der Waals surface area contributed by atoms with Gasteiger partial charge in [0.15, 0.2) is 5.82 Å². The predicted octanol–water partition coefficient (Wildman–Crippen LogP) is 1.69. The van der Waals surface area contributed by atoms with E-state index in [4.69, 9.17) is 9.26 Å². The number of amides is 1. The number of aromatic nitrogens is 4. The van der Waals surface area contributed by atoms with Crippen LogP contribution in [-0.2, 0) is 4.74 Å². The van der Waals surface area contributed by atoms with E-state index in [1.165, 1.54) is 0 Å². The maximum Gasteiger partial charge on any atom is 0.291 e. The minimum atomic E-state index is -0.193. The molecule has 126 valence electrons. The molecule has 2 aliphatic heterocycles. The molecule has 2 fully saturated rings. The lowest BCUT2D eigenvalue weighted by atomic mass is 9.88. The Labute approximate surface area is 139 Å². The lowest BCUT2D eigenvalue weighted by Gasteiger charge is -2.38. The predicted molar refractivity (Wildman–Crippen MR) is 82.0 cm³/mol. The molecule has 4 heterocycles. The summed E-state index contributed by atoms with van der Waals surface area (Å²) in [5.41, 5.74) is -0.193. The van der Waals surface area contributed by atoms with Gasteiger partial charge in [-0.3, -0.25) is 4.79 Å². The first-order valence-corrected chi connectivity index (χ1v) is 8.20. The number of ether oxygens (including phenoxy) is 1. The average molecular weight is 329 g/mol. The Balaban J connectivity index is 1.39. The zero-order chi connectivity index (χ0) is 16.6. The van der Waals surface area contributed by atoms with Crippen molar-refractivity contribution >= 4 is 5.91 Å². The molecule has 24 heavy (non-hydrogen) atoms. The average Bonchev–Trinajstić information content (AvgIpc) is 3.23. The molecule has 2 aliphatic rings. The van der Waals surface area contributed by atoms with Crippen molar-refractivity contribution in [2.45, 2.75) is 44.3 Å². The molecule has 1 spiro atoms. The maximum atomic E-state index is 12.4. The van der Waals surface area contributed by atoms with Crippen LogP contribution in [0, 0.1) is 6.92 Å². The Morgan fingerprint density at radius 1 is 1.25 bits per heavy atom. The van der Waals surface area contributed by atoms with Gasteiger partial charge in [-0.2, -0.15) is 4.98 Å². The van der Waals surface area contributed by atoms with Gasteiger partial charge in [-0.15, -0.1) is 0 Å². The highest BCUT2D eigenvalue weighted by molar-refractivity contribution is 5.90. The van der Waals surface area contributed by atoms with Gasteiger partial charge < -0.3 is 14.2 Å². The second-order valence-electron chi connectivity index (χ2n) is 6.37. The van der Waals surface area contributed by atoms with Crippen molar-refractivity contribution in [2.75, 3.05) is 13.1 Å². The lowest BCUT2D eigenvalue weighted by Crippen LogP contribution is -2.46. The minimum Gasteiger partial charge on any atom is -0.362 e. The third kappa shape index (κ3) is 2.77. The molecule has 8 nitrogen and oxygen atoms in total. The number of hydrogen-bond donors (Lipinski definition) is 0. The third-order valence-corrected chi connectivity index (χ3v) is 4.79. The van der Waals surface area contributed by atoms with E-state index in [9.17, 15) is 4.79 Å². The Morgan fingerprint density at radius 2 is 2.00 bits per heavy atom. The summed E-state index contributed by atoms with van der Waals surface area (Å²) < 4.78 is 11.5. The summed E-state index contributed by atoms with van der Waals surface area (Å²) in [7, 11) is 0. The lowest BCUT2D eigenvalue weighted by molar-refractivity contribution is -0.0821. The molecule has 2 aromatic rings. The third-order valence-electron chi connectivity index (χ3n) is 4.79. The fraction of sp³-hybridized carbons (Fsp3) is 0.562. The summed E-state index contributed by atoms with van der Waals surface area (Å²) in [6, 6.07) is 1.70. The summed E-state index contributed by atoms with van der Waals surface area (Å²) in [4.78, 5) is 26.6. The van der Waals surface area contributed by atoms with E-state index in [0.717, 1.165) is 25.7 Å². The molecule has 1 amide bonds. The van der Waals surface area contributed by atoms with Crippen LogP contribution in [-0.4, -0.2) is 49.6 Å². The fourth-order valence-electron chi connectivity index (χ4n) is 3.47. The molecule has 0 radical (unpaired) electrons.